The molecule has 0 aromatic heterocycles. The molecule has 0 atom stereocenters. The average Bonchev–Trinajstić information content (AvgIpc) is 2.86. The molecule has 25 heavy (non-hydrogen) atoms. The van der Waals surface area contributed by atoms with E-state index in [1.54, 1.807) is 36.4 Å². The van der Waals surface area contributed by atoms with Crippen molar-refractivity contribution in [1.82, 2.24) is 5.32 Å². The number of amides is 1. The molecule has 1 heterocycles. The number of thioether (sulfide) groups is 1. The number of nitrogens with one attached hydrogen (secondary N) is 2. The lowest BCUT2D eigenvalue weighted by molar-refractivity contribution is -0.137. The fourth-order valence-corrected chi connectivity index (χ4v) is 3.26. The number of hydrogen-bond acceptors (Lipinski definition) is 4. The number of hydrogen-bond donors (Lipinski definition) is 2. The van der Waals surface area contributed by atoms with Crippen LogP contribution in [-0.2, 0) is 11.0 Å². The van der Waals surface area contributed by atoms with E-state index in [-0.39, 0.29) is 5.91 Å². The zero-order valence-corrected chi connectivity index (χ0v) is 14.2. The number of anilines is 2. The smallest absolute Gasteiger partial charge is 0.355 e. The van der Waals surface area contributed by atoms with Crippen LogP contribution in [0.4, 0.5) is 24.5 Å². The summed E-state index contributed by atoms with van der Waals surface area (Å²) in [4.78, 5) is 12.2. The van der Waals surface area contributed by atoms with Crippen LogP contribution < -0.4 is 10.6 Å². The molecule has 1 saturated heterocycles. The second-order valence-corrected chi connectivity index (χ2v) is 6.86. The van der Waals surface area contributed by atoms with Crippen LogP contribution in [0, 0.1) is 0 Å². The molecule has 1 aliphatic heterocycles. The number of carbonyl (C=O) groups excluding carboxylic acids is 1. The van der Waals surface area contributed by atoms with E-state index in [0.29, 0.717) is 26.2 Å². The van der Waals surface area contributed by atoms with Gasteiger partial charge in [-0.05, 0) is 35.9 Å². The molecule has 2 N–H and O–H groups in total. The Morgan fingerprint density at radius 2 is 1.88 bits per heavy atom. The van der Waals surface area contributed by atoms with Crippen molar-refractivity contribution in [3.05, 3.63) is 64.6 Å². The summed E-state index contributed by atoms with van der Waals surface area (Å²) in [6.45, 7) is 0. The van der Waals surface area contributed by atoms with Crippen LogP contribution in [0.25, 0.3) is 6.08 Å². The molecule has 0 saturated carbocycles. The van der Waals surface area contributed by atoms with Gasteiger partial charge in [0.15, 0.2) is 0 Å². The highest BCUT2D eigenvalue weighted by Crippen LogP contribution is 2.33. The van der Waals surface area contributed by atoms with Gasteiger partial charge in [-0.2, -0.15) is 13.2 Å². The molecular weight excluding hydrogens is 369 g/mol. The van der Waals surface area contributed by atoms with E-state index >= 15 is 0 Å². The third kappa shape index (κ3) is 4.21. The van der Waals surface area contributed by atoms with Gasteiger partial charge >= 0.3 is 6.18 Å². The molecule has 1 amide bonds. The summed E-state index contributed by atoms with van der Waals surface area (Å²) >= 11 is 6.09. The summed E-state index contributed by atoms with van der Waals surface area (Å²) in [6, 6.07) is 12.0. The minimum absolute atomic E-state index is 0.288. The van der Waals surface area contributed by atoms with Crippen molar-refractivity contribution < 1.29 is 18.0 Å². The molecule has 1 aliphatic rings. The second-order valence-electron chi connectivity index (χ2n) is 5.14. The first kappa shape index (κ1) is 17.5. The zero-order chi connectivity index (χ0) is 18.0. The summed E-state index contributed by atoms with van der Waals surface area (Å²) in [7, 11) is 0. The van der Waals surface area contributed by atoms with Crippen LogP contribution in [0.15, 0.2) is 53.4 Å². The van der Waals surface area contributed by atoms with E-state index in [0.717, 1.165) is 23.9 Å². The molecule has 0 unspecified atom stereocenters. The minimum Gasteiger partial charge on any atom is -0.355 e. The number of para-hydroxylation sites is 1. The molecule has 3 rings (SSSR count). The lowest BCUT2D eigenvalue weighted by atomic mass is 10.1. The molecule has 128 valence electrons. The molecular formula is C17H11F3N2OS2. The predicted molar refractivity (Wildman–Crippen MR) is 97.5 cm³/mol. The van der Waals surface area contributed by atoms with Gasteiger partial charge in [0, 0.05) is 11.4 Å². The molecule has 0 radical (unpaired) electrons. The number of benzene rings is 2. The summed E-state index contributed by atoms with van der Waals surface area (Å²) in [6.07, 6.45) is -2.76. The summed E-state index contributed by atoms with van der Waals surface area (Å²) in [5.41, 5.74) is 0.826. The van der Waals surface area contributed by atoms with Crippen LogP contribution in [0.1, 0.15) is 11.1 Å². The first-order chi connectivity index (χ1) is 11.8. The Hall–Kier alpha value is -2.32. The average molecular weight is 380 g/mol. The minimum atomic E-state index is -4.41. The third-order valence-electron chi connectivity index (χ3n) is 3.36. The predicted octanol–water partition coefficient (Wildman–Crippen LogP) is 4.94. The maximum absolute atomic E-state index is 12.8. The van der Waals surface area contributed by atoms with Crippen molar-refractivity contribution in [2.24, 2.45) is 0 Å². The molecule has 2 aromatic rings. The van der Waals surface area contributed by atoms with Crippen molar-refractivity contribution in [3.8, 4) is 0 Å². The topological polar surface area (TPSA) is 41.1 Å². The van der Waals surface area contributed by atoms with Crippen molar-refractivity contribution in [1.29, 1.82) is 0 Å². The van der Waals surface area contributed by atoms with Crippen LogP contribution in [0.2, 0.25) is 0 Å². The van der Waals surface area contributed by atoms with Crippen molar-refractivity contribution in [3.63, 3.8) is 0 Å². The zero-order valence-electron chi connectivity index (χ0n) is 12.6. The standard InChI is InChI=1S/C17H11F3N2OS2/c18-17(19,20)11-5-3-6-12(9-11)21-13-7-2-1-4-10(13)8-14-15(23)22-16(24)25-14/h1-9,21H,(H,22,23,24)/b14-8-. The van der Waals surface area contributed by atoms with Gasteiger partial charge in [-0.1, -0.05) is 48.2 Å². The van der Waals surface area contributed by atoms with Gasteiger partial charge in [0.2, 0.25) is 0 Å². The van der Waals surface area contributed by atoms with Crippen LogP contribution in [0.5, 0.6) is 0 Å². The Labute approximate surface area is 151 Å². The Morgan fingerprint density at radius 1 is 1.12 bits per heavy atom. The summed E-state index contributed by atoms with van der Waals surface area (Å²) in [5, 5.41) is 5.49. The fraction of sp³-hybridized carbons (Fsp3) is 0.0588. The van der Waals surface area contributed by atoms with E-state index in [4.69, 9.17) is 12.2 Å². The number of alkyl halides is 3. The third-order valence-corrected chi connectivity index (χ3v) is 4.52. The highest BCUT2D eigenvalue weighted by atomic mass is 32.2. The first-order valence-electron chi connectivity index (χ1n) is 7.11. The normalized spacial score (nSPS) is 16.2. The maximum Gasteiger partial charge on any atom is 0.416 e. The van der Waals surface area contributed by atoms with Gasteiger partial charge < -0.3 is 10.6 Å². The number of halogens is 3. The molecule has 0 aliphatic carbocycles. The Morgan fingerprint density at radius 3 is 2.56 bits per heavy atom. The van der Waals surface area contributed by atoms with Crippen molar-refractivity contribution in [2.75, 3.05) is 5.32 Å². The quantitative estimate of drug-likeness (QED) is 0.585. The maximum atomic E-state index is 12.8. The SMILES string of the molecule is O=C1NC(=S)S/C1=C\c1ccccc1Nc1cccc(C(F)(F)F)c1. The molecule has 3 nitrogen and oxygen atoms in total. The van der Waals surface area contributed by atoms with E-state index in [1.165, 1.54) is 6.07 Å². The van der Waals surface area contributed by atoms with Gasteiger partial charge in [0.1, 0.15) is 4.32 Å². The van der Waals surface area contributed by atoms with Crippen molar-refractivity contribution in [2.45, 2.75) is 6.18 Å². The number of rotatable bonds is 3. The van der Waals surface area contributed by atoms with Gasteiger partial charge in [-0.25, -0.2) is 0 Å². The Kier molecular flexibility index (Phi) is 4.82. The summed E-state index contributed by atoms with van der Waals surface area (Å²) in [5.74, 6) is -0.288. The number of thiocarbonyl (C=S) groups is 1. The highest BCUT2D eigenvalue weighted by molar-refractivity contribution is 8.26. The van der Waals surface area contributed by atoms with Gasteiger partial charge in [-0.15, -0.1) is 0 Å². The van der Waals surface area contributed by atoms with Gasteiger partial charge in [0.05, 0.1) is 10.5 Å². The van der Waals surface area contributed by atoms with Gasteiger partial charge in [0.25, 0.3) is 5.91 Å². The van der Waals surface area contributed by atoms with Gasteiger partial charge in [-0.3, -0.25) is 4.79 Å². The van der Waals surface area contributed by atoms with E-state index in [2.05, 4.69) is 10.6 Å². The van der Waals surface area contributed by atoms with Crippen LogP contribution in [-0.4, -0.2) is 10.2 Å². The van der Waals surface area contributed by atoms with Crippen molar-refractivity contribution >= 4 is 51.7 Å². The Bertz CT molecular complexity index is 878. The van der Waals surface area contributed by atoms with E-state index in [1.807, 2.05) is 0 Å². The van der Waals surface area contributed by atoms with Crippen LogP contribution >= 0.6 is 24.0 Å². The number of carbonyl (C=O) groups is 1. The molecule has 8 heteroatoms. The monoisotopic (exact) mass is 380 g/mol. The summed E-state index contributed by atoms with van der Waals surface area (Å²) < 4.78 is 38.9. The molecule has 0 spiro atoms. The lowest BCUT2D eigenvalue weighted by Crippen LogP contribution is -2.17. The second kappa shape index (κ2) is 6.89. The fourth-order valence-electron chi connectivity index (χ4n) is 2.23. The van der Waals surface area contributed by atoms with E-state index in [9.17, 15) is 18.0 Å². The lowest BCUT2D eigenvalue weighted by Gasteiger charge is -2.12. The Balaban J connectivity index is 1.91. The van der Waals surface area contributed by atoms with Crippen LogP contribution in [0.3, 0.4) is 0 Å². The van der Waals surface area contributed by atoms with E-state index < -0.39 is 11.7 Å². The highest BCUT2D eigenvalue weighted by Gasteiger charge is 2.30. The molecule has 0 bridgehead atoms. The first-order valence-corrected chi connectivity index (χ1v) is 8.33. The molecule has 1 fully saturated rings. The largest absolute Gasteiger partial charge is 0.416 e. The molecule has 2 aromatic carbocycles.